The molecule has 0 spiro atoms. The van der Waals surface area contributed by atoms with Gasteiger partial charge in [-0.15, -0.1) is 11.3 Å². The van der Waals surface area contributed by atoms with Crippen LogP contribution in [0, 0.1) is 6.57 Å². The van der Waals surface area contributed by atoms with Crippen molar-refractivity contribution in [2.24, 2.45) is 0 Å². The highest BCUT2D eigenvalue weighted by Crippen LogP contribution is 2.47. The van der Waals surface area contributed by atoms with Gasteiger partial charge in [0.15, 0.2) is 0 Å². The molecule has 218 valence electrons. The molecule has 3 heterocycles. The highest BCUT2D eigenvalue weighted by Gasteiger charge is 2.20. The Kier molecular flexibility index (Phi) is 5.51. The molecule has 0 radical (unpaired) electrons. The van der Waals surface area contributed by atoms with E-state index in [1.807, 2.05) is 36.4 Å². The number of rotatable bonds is 3. The van der Waals surface area contributed by atoms with E-state index in [1.165, 1.54) is 37.6 Å². The second kappa shape index (κ2) is 9.92. The predicted molar refractivity (Wildman–Crippen MR) is 198 cm³/mol. The summed E-state index contributed by atoms with van der Waals surface area (Å²) in [6, 6.07) is 51.3. The Morgan fingerprint density at radius 2 is 1.23 bits per heavy atom. The first-order valence-electron chi connectivity index (χ1n) is 15.6. The molecule has 0 aliphatic rings. The van der Waals surface area contributed by atoms with Crippen molar-refractivity contribution in [1.82, 2.24) is 4.57 Å². The topological polar surface area (TPSA) is 22.4 Å². The van der Waals surface area contributed by atoms with E-state index in [0.29, 0.717) is 5.69 Å². The summed E-state index contributed by atoms with van der Waals surface area (Å²) < 4.78 is 10.8. The third-order valence-corrected chi connectivity index (χ3v) is 10.7. The highest BCUT2D eigenvalue weighted by molar-refractivity contribution is 7.26. The number of para-hydroxylation sites is 2. The van der Waals surface area contributed by atoms with E-state index in [2.05, 4.69) is 119 Å². The summed E-state index contributed by atoms with van der Waals surface area (Å²) in [6.07, 6.45) is 0. The highest BCUT2D eigenvalue weighted by atomic mass is 32.1. The summed E-state index contributed by atoms with van der Waals surface area (Å²) in [5, 5.41) is 6.88. The number of aromatic nitrogens is 1. The van der Waals surface area contributed by atoms with Crippen LogP contribution in [0.4, 0.5) is 5.69 Å². The molecule has 3 aromatic heterocycles. The van der Waals surface area contributed by atoms with Gasteiger partial charge < -0.3 is 8.98 Å². The zero-order valence-corrected chi connectivity index (χ0v) is 25.9. The Labute approximate surface area is 274 Å². The normalized spacial score (nSPS) is 11.8. The number of hydrogen-bond donors (Lipinski definition) is 0. The van der Waals surface area contributed by atoms with Crippen molar-refractivity contribution >= 4 is 80.9 Å². The smallest absolute Gasteiger partial charge is 0.205 e. The predicted octanol–water partition coefficient (Wildman–Crippen LogP) is 12.9. The Bertz CT molecular complexity index is 2920. The lowest BCUT2D eigenvalue weighted by atomic mass is 9.97. The maximum atomic E-state index is 8.23. The van der Waals surface area contributed by atoms with Crippen LogP contribution in [-0.2, 0) is 0 Å². The Morgan fingerprint density at radius 3 is 2.13 bits per heavy atom. The van der Waals surface area contributed by atoms with E-state index in [0.717, 1.165) is 54.2 Å². The van der Waals surface area contributed by atoms with Crippen LogP contribution in [0.2, 0.25) is 0 Å². The van der Waals surface area contributed by atoms with Crippen LogP contribution >= 0.6 is 11.3 Å². The van der Waals surface area contributed by atoms with Crippen LogP contribution in [0.3, 0.4) is 0 Å². The number of thiophene rings is 1. The number of benzene rings is 7. The molecular weight excluding hydrogens is 593 g/mol. The quantitative estimate of drug-likeness (QED) is 0.181. The van der Waals surface area contributed by atoms with Gasteiger partial charge in [0.1, 0.15) is 11.2 Å². The van der Waals surface area contributed by atoms with E-state index < -0.39 is 0 Å². The molecule has 0 aliphatic carbocycles. The van der Waals surface area contributed by atoms with Crippen molar-refractivity contribution in [2.75, 3.05) is 0 Å². The minimum absolute atomic E-state index is 0.671. The van der Waals surface area contributed by atoms with Gasteiger partial charge in [0.25, 0.3) is 0 Å². The molecule has 0 saturated carbocycles. The number of nitrogens with zero attached hydrogens (tertiary/aromatic N) is 2. The van der Waals surface area contributed by atoms with Gasteiger partial charge in [-0.2, -0.15) is 0 Å². The lowest BCUT2D eigenvalue weighted by molar-refractivity contribution is 0.669. The summed E-state index contributed by atoms with van der Waals surface area (Å²) >= 11 is 1.71. The fraction of sp³-hybridized carbons (Fsp3) is 0. The van der Waals surface area contributed by atoms with Gasteiger partial charge in [-0.25, -0.2) is 4.85 Å². The lowest BCUT2D eigenvalue weighted by Crippen LogP contribution is -1.93. The van der Waals surface area contributed by atoms with Gasteiger partial charge in [-0.3, -0.25) is 0 Å². The molecular formula is C43H24N2OS. The summed E-state index contributed by atoms with van der Waals surface area (Å²) in [5.74, 6) is 0. The minimum Gasteiger partial charge on any atom is -0.456 e. The molecule has 10 rings (SSSR count). The Balaban J connectivity index is 1.24. The van der Waals surface area contributed by atoms with Crippen molar-refractivity contribution in [3.05, 3.63) is 157 Å². The van der Waals surface area contributed by atoms with Crippen LogP contribution in [0.1, 0.15) is 0 Å². The summed E-state index contributed by atoms with van der Waals surface area (Å²) in [4.78, 5) is 4.07. The molecule has 0 saturated heterocycles. The molecule has 0 N–H and O–H groups in total. The van der Waals surface area contributed by atoms with Gasteiger partial charge in [-0.05, 0) is 76.2 Å². The van der Waals surface area contributed by atoms with E-state index in [-0.39, 0.29) is 0 Å². The zero-order valence-electron chi connectivity index (χ0n) is 25.1. The monoisotopic (exact) mass is 616 g/mol. The average molecular weight is 617 g/mol. The first kappa shape index (κ1) is 26.1. The molecule has 0 fully saturated rings. The van der Waals surface area contributed by atoms with Gasteiger partial charge in [0.2, 0.25) is 5.69 Å². The Morgan fingerprint density at radius 1 is 0.511 bits per heavy atom. The fourth-order valence-corrected chi connectivity index (χ4v) is 8.58. The third kappa shape index (κ3) is 3.78. The van der Waals surface area contributed by atoms with E-state index in [9.17, 15) is 0 Å². The van der Waals surface area contributed by atoms with Crippen LogP contribution in [0.5, 0.6) is 0 Å². The summed E-state index contributed by atoms with van der Waals surface area (Å²) in [6.45, 7) is 8.23. The standard InChI is InChI=1S/C43H24N2OS/c1-44-35-25-28(29-15-10-20-40-41(29)32-14-6-8-19-39(32)46-40)24-34-31-16-9-18-38(43(31)47-42(34)35)45-36-17-7-5-13-30(36)33-23-27(21-22-37(33)45)26-11-3-2-4-12-26/h2-25H. The third-order valence-electron chi connectivity index (χ3n) is 9.41. The molecule has 0 unspecified atom stereocenters. The van der Waals surface area contributed by atoms with Crippen molar-refractivity contribution in [1.29, 1.82) is 0 Å². The first-order chi connectivity index (χ1) is 23.3. The molecule has 3 nitrogen and oxygen atoms in total. The van der Waals surface area contributed by atoms with Crippen molar-refractivity contribution in [3.63, 3.8) is 0 Å². The fourth-order valence-electron chi connectivity index (χ4n) is 7.34. The second-order valence-electron chi connectivity index (χ2n) is 12.0. The molecule has 0 amide bonds. The lowest BCUT2D eigenvalue weighted by Gasteiger charge is -2.10. The van der Waals surface area contributed by atoms with Crippen LogP contribution in [0.15, 0.2) is 150 Å². The summed E-state index contributed by atoms with van der Waals surface area (Å²) in [5.41, 5.74) is 10.4. The molecule has 47 heavy (non-hydrogen) atoms. The summed E-state index contributed by atoms with van der Waals surface area (Å²) in [7, 11) is 0. The molecule has 7 aromatic carbocycles. The van der Waals surface area contributed by atoms with Crippen molar-refractivity contribution < 1.29 is 4.42 Å². The van der Waals surface area contributed by atoms with Gasteiger partial charge in [0.05, 0.1) is 28.0 Å². The van der Waals surface area contributed by atoms with Gasteiger partial charge in [-0.1, -0.05) is 97.1 Å². The minimum atomic E-state index is 0.671. The Hall–Kier alpha value is -6.15. The van der Waals surface area contributed by atoms with Crippen LogP contribution in [-0.4, -0.2) is 4.57 Å². The molecule has 0 aliphatic heterocycles. The first-order valence-corrected chi connectivity index (χ1v) is 16.4. The van der Waals surface area contributed by atoms with Crippen LogP contribution < -0.4 is 0 Å². The number of hydrogen-bond acceptors (Lipinski definition) is 2. The average Bonchev–Trinajstić information content (AvgIpc) is 3.81. The number of furan rings is 1. The largest absolute Gasteiger partial charge is 0.456 e. The maximum absolute atomic E-state index is 8.23. The maximum Gasteiger partial charge on any atom is 0.205 e. The van der Waals surface area contributed by atoms with Crippen molar-refractivity contribution in [2.45, 2.75) is 0 Å². The van der Waals surface area contributed by atoms with E-state index >= 15 is 0 Å². The molecule has 4 heteroatoms. The van der Waals surface area contributed by atoms with Gasteiger partial charge >= 0.3 is 0 Å². The van der Waals surface area contributed by atoms with E-state index in [1.54, 1.807) is 11.3 Å². The molecule has 0 atom stereocenters. The van der Waals surface area contributed by atoms with Gasteiger partial charge in [0, 0.05) is 31.6 Å². The van der Waals surface area contributed by atoms with Crippen LogP contribution in [0.25, 0.3) is 96.7 Å². The second-order valence-corrected chi connectivity index (χ2v) is 13.0. The van der Waals surface area contributed by atoms with E-state index in [4.69, 9.17) is 11.0 Å². The SMILES string of the molecule is [C-]#[N+]c1cc(-c2cccc3oc4ccccc4c23)cc2c1sc1c(-n3c4ccccc4c4cc(-c5ccccc5)ccc43)cccc12. The zero-order chi connectivity index (χ0) is 31.1. The molecule has 10 aromatic rings. The van der Waals surface area contributed by atoms with Crippen molar-refractivity contribution in [3.8, 4) is 27.9 Å². The number of fused-ring (bicyclic) bond motifs is 9. The molecule has 0 bridgehead atoms.